The number of benzene rings is 2. The third-order valence-corrected chi connectivity index (χ3v) is 7.14. The summed E-state index contributed by atoms with van der Waals surface area (Å²) in [5.74, 6) is 4.24. The second-order valence-electron chi connectivity index (χ2n) is 7.98. The van der Waals surface area contributed by atoms with Crippen LogP contribution in [0.15, 0.2) is 52.5 Å². The molecule has 2 aromatic carbocycles. The Bertz CT molecular complexity index is 1140. The number of hydrazone groups is 1. The Labute approximate surface area is 198 Å². The Morgan fingerprint density at radius 2 is 2.00 bits per heavy atom. The molecule has 2 atom stereocenters. The number of nitrogens with one attached hydrogen (secondary N) is 3. The zero-order chi connectivity index (χ0) is 24.6. The third-order valence-electron chi connectivity index (χ3n) is 5.67. The molecule has 0 spiro atoms. The fourth-order valence-corrected chi connectivity index (χ4v) is 5.13. The van der Waals surface area contributed by atoms with E-state index in [2.05, 4.69) is 20.5 Å². The second-order valence-corrected chi connectivity index (χ2v) is 9.69. The maximum absolute atomic E-state index is 13.1. The number of carbonyl (C=O) groups is 2. The fraction of sp³-hybridized carbons (Fsp3) is 0.409. The number of sulfonamides is 1. The lowest BCUT2D eigenvalue weighted by Gasteiger charge is -2.28. The van der Waals surface area contributed by atoms with Gasteiger partial charge < -0.3 is 26.5 Å². The van der Waals surface area contributed by atoms with E-state index >= 15 is 0 Å². The lowest BCUT2D eigenvalue weighted by atomic mass is 10.1. The van der Waals surface area contributed by atoms with Gasteiger partial charge in [0, 0.05) is 32.1 Å². The quantitative estimate of drug-likeness (QED) is 0.0928. The van der Waals surface area contributed by atoms with Crippen LogP contribution in [0.25, 0.3) is 10.8 Å². The molecule has 2 amide bonds. The van der Waals surface area contributed by atoms with Gasteiger partial charge in [-0.25, -0.2) is 8.42 Å². The van der Waals surface area contributed by atoms with Crippen LogP contribution in [0.5, 0.6) is 0 Å². The van der Waals surface area contributed by atoms with E-state index in [9.17, 15) is 23.1 Å². The summed E-state index contributed by atoms with van der Waals surface area (Å²) in [6, 6.07) is 10.4. The van der Waals surface area contributed by atoms with Crippen molar-refractivity contribution in [3.05, 3.63) is 42.5 Å². The standard InChI is InChI=1S/C22H30N6O5S/c23-26-15-24-10-9-21(30)25-13-18-6-3-11-28(18)22(31)20(14-29)27-34(32,33)19-8-7-16-4-1-2-5-17(16)12-19/h1-2,4-5,7-8,12,15,18,20,27,29H,3,6,9-11,13-14,23H2,(H,24,26)(H,25,30). The number of amides is 2. The van der Waals surface area contributed by atoms with Gasteiger partial charge in [-0.3, -0.25) is 9.59 Å². The first-order valence-electron chi connectivity index (χ1n) is 11.0. The summed E-state index contributed by atoms with van der Waals surface area (Å²) in [5.41, 5.74) is 0. The molecule has 3 rings (SSSR count). The van der Waals surface area contributed by atoms with E-state index in [4.69, 9.17) is 5.84 Å². The van der Waals surface area contributed by atoms with Crippen molar-refractivity contribution in [2.45, 2.75) is 36.2 Å². The molecular weight excluding hydrogens is 460 g/mol. The number of aliphatic hydroxyl groups excluding tert-OH is 1. The van der Waals surface area contributed by atoms with Crippen molar-refractivity contribution in [3.63, 3.8) is 0 Å². The molecule has 0 aromatic heterocycles. The summed E-state index contributed by atoms with van der Waals surface area (Å²) in [6.07, 6.45) is 2.88. The summed E-state index contributed by atoms with van der Waals surface area (Å²) >= 11 is 0. The Morgan fingerprint density at radius 1 is 1.24 bits per heavy atom. The molecule has 12 heteroatoms. The molecule has 0 radical (unpaired) electrons. The highest BCUT2D eigenvalue weighted by atomic mass is 32.2. The first-order valence-corrected chi connectivity index (χ1v) is 12.5. The van der Waals surface area contributed by atoms with Gasteiger partial charge in [-0.05, 0) is 35.7 Å². The smallest absolute Gasteiger partial charge is 0.243 e. The zero-order valence-electron chi connectivity index (χ0n) is 18.7. The number of hydrogen-bond donors (Lipinski definition) is 5. The molecule has 1 aliphatic heterocycles. The predicted octanol–water partition coefficient (Wildman–Crippen LogP) is -0.532. The lowest BCUT2D eigenvalue weighted by Crippen LogP contribution is -2.53. The van der Waals surface area contributed by atoms with Gasteiger partial charge in [0.1, 0.15) is 12.4 Å². The number of rotatable bonds is 11. The lowest BCUT2D eigenvalue weighted by molar-refractivity contribution is -0.135. The average molecular weight is 491 g/mol. The van der Waals surface area contributed by atoms with Crippen molar-refractivity contribution < 1.29 is 23.1 Å². The van der Waals surface area contributed by atoms with Crippen LogP contribution in [-0.4, -0.2) is 74.9 Å². The molecule has 0 bridgehead atoms. The Balaban J connectivity index is 1.62. The molecule has 6 N–H and O–H groups in total. The number of likely N-dealkylation sites (tertiary alicyclic amines) is 1. The molecule has 1 saturated heterocycles. The van der Waals surface area contributed by atoms with E-state index in [0.717, 1.165) is 17.2 Å². The molecule has 1 aliphatic rings. The first kappa shape index (κ1) is 25.4. The molecule has 1 heterocycles. The van der Waals surface area contributed by atoms with E-state index < -0.39 is 28.6 Å². The van der Waals surface area contributed by atoms with Gasteiger partial charge in [-0.2, -0.15) is 9.82 Å². The van der Waals surface area contributed by atoms with Crippen LogP contribution < -0.4 is 21.2 Å². The summed E-state index contributed by atoms with van der Waals surface area (Å²) in [7, 11) is -4.05. The van der Waals surface area contributed by atoms with Gasteiger partial charge in [0.05, 0.1) is 11.5 Å². The van der Waals surface area contributed by atoms with E-state index in [1.54, 1.807) is 12.1 Å². The highest BCUT2D eigenvalue weighted by molar-refractivity contribution is 7.89. The monoisotopic (exact) mass is 490 g/mol. The molecule has 34 heavy (non-hydrogen) atoms. The van der Waals surface area contributed by atoms with Crippen molar-refractivity contribution >= 4 is 38.9 Å². The summed E-state index contributed by atoms with van der Waals surface area (Å²) in [4.78, 5) is 26.6. The number of carbonyl (C=O) groups excluding carboxylic acids is 2. The van der Waals surface area contributed by atoms with Crippen molar-refractivity contribution in [3.8, 4) is 0 Å². The van der Waals surface area contributed by atoms with E-state index in [-0.39, 0.29) is 29.8 Å². The van der Waals surface area contributed by atoms with E-state index in [1.165, 1.54) is 23.4 Å². The van der Waals surface area contributed by atoms with Crippen LogP contribution in [0.4, 0.5) is 0 Å². The van der Waals surface area contributed by atoms with Crippen LogP contribution in [0.2, 0.25) is 0 Å². The van der Waals surface area contributed by atoms with Crippen molar-refractivity contribution in [2.24, 2.45) is 10.9 Å². The molecule has 1 fully saturated rings. The maximum atomic E-state index is 13.1. The number of hydrogen-bond acceptors (Lipinski definition) is 7. The molecule has 184 valence electrons. The van der Waals surface area contributed by atoms with Gasteiger partial charge in [-0.1, -0.05) is 30.3 Å². The SMILES string of the molecule is NN=CNCCC(=O)NCC1CCCN1C(=O)C(CO)NS(=O)(=O)c1ccc2ccccc2c1. The highest BCUT2D eigenvalue weighted by Gasteiger charge is 2.35. The van der Waals surface area contributed by atoms with Gasteiger partial charge in [0.2, 0.25) is 21.8 Å². The Kier molecular flexibility index (Phi) is 8.79. The molecular formula is C22H30N6O5S. The number of aliphatic hydroxyl groups is 1. The van der Waals surface area contributed by atoms with E-state index in [1.807, 2.05) is 18.2 Å². The molecule has 11 nitrogen and oxygen atoms in total. The summed E-state index contributed by atoms with van der Waals surface area (Å²) in [6.45, 7) is 0.339. The largest absolute Gasteiger partial charge is 0.394 e. The minimum absolute atomic E-state index is 0.0102. The van der Waals surface area contributed by atoms with Gasteiger partial charge in [0.15, 0.2) is 0 Å². The predicted molar refractivity (Wildman–Crippen MR) is 128 cm³/mol. The summed E-state index contributed by atoms with van der Waals surface area (Å²) < 4.78 is 28.2. The number of nitrogens with zero attached hydrogens (tertiary/aromatic N) is 2. The van der Waals surface area contributed by atoms with Crippen molar-refractivity contribution in [2.75, 3.05) is 26.2 Å². The molecule has 2 unspecified atom stereocenters. The Morgan fingerprint density at radius 3 is 2.74 bits per heavy atom. The van der Waals surface area contributed by atoms with Crippen LogP contribution in [0.1, 0.15) is 19.3 Å². The Hall–Kier alpha value is -3.22. The van der Waals surface area contributed by atoms with E-state index in [0.29, 0.717) is 19.5 Å². The van der Waals surface area contributed by atoms with Crippen LogP contribution >= 0.6 is 0 Å². The second kappa shape index (κ2) is 11.8. The zero-order valence-corrected chi connectivity index (χ0v) is 19.5. The van der Waals surface area contributed by atoms with Crippen molar-refractivity contribution in [1.82, 2.24) is 20.3 Å². The topological polar surface area (TPSA) is 166 Å². The number of fused-ring (bicyclic) bond motifs is 1. The van der Waals surface area contributed by atoms with Gasteiger partial charge in [0.25, 0.3) is 0 Å². The first-order chi connectivity index (χ1) is 16.4. The summed E-state index contributed by atoms with van der Waals surface area (Å²) in [5, 5.41) is 20.3. The van der Waals surface area contributed by atoms with Crippen LogP contribution in [0, 0.1) is 0 Å². The normalized spacial score (nSPS) is 17.2. The number of nitrogens with two attached hydrogens (primary N) is 1. The minimum atomic E-state index is -4.05. The highest BCUT2D eigenvalue weighted by Crippen LogP contribution is 2.21. The molecule has 0 saturated carbocycles. The van der Waals surface area contributed by atoms with Crippen molar-refractivity contribution in [1.29, 1.82) is 0 Å². The van der Waals surface area contributed by atoms with Crippen LogP contribution in [0.3, 0.4) is 0 Å². The molecule has 0 aliphatic carbocycles. The molecule has 2 aromatic rings. The van der Waals surface area contributed by atoms with Gasteiger partial charge in [-0.15, -0.1) is 0 Å². The minimum Gasteiger partial charge on any atom is -0.394 e. The fourth-order valence-electron chi connectivity index (χ4n) is 3.92. The third kappa shape index (κ3) is 6.43. The van der Waals surface area contributed by atoms with Crippen LogP contribution in [-0.2, 0) is 19.6 Å². The van der Waals surface area contributed by atoms with Gasteiger partial charge >= 0.3 is 0 Å². The maximum Gasteiger partial charge on any atom is 0.243 e. The average Bonchev–Trinajstić information content (AvgIpc) is 3.32.